The van der Waals surface area contributed by atoms with Crippen LogP contribution in [0, 0.1) is 0 Å². The number of halogens is 4. The van der Waals surface area contributed by atoms with Gasteiger partial charge < -0.3 is 19.0 Å². The molecular weight excluding hydrogens is 501 g/mol. The molecule has 1 atom stereocenters. The van der Waals surface area contributed by atoms with Crippen LogP contribution in [-0.2, 0) is 0 Å². The van der Waals surface area contributed by atoms with Gasteiger partial charge in [-0.2, -0.15) is 33.1 Å². The summed E-state index contributed by atoms with van der Waals surface area (Å²) < 4.78 is 53.5. The Bertz CT molecular complexity index is 1390. The standard InChI is InChI=1S/C23H20ClF3N6O3/c1-35-15-3-4-18(33-28-7-8-29-33)16(13-15)21(34)32-11-10-31(9-6-20(32)23(25,26)27)22-30-17-12-14(24)2-5-19(17)36-22/h2-5,7-8,12-13,20H,6,9-11H2,1H3. The van der Waals surface area contributed by atoms with Crippen molar-refractivity contribution in [2.45, 2.75) is 18.6 Å². The molecule has 1 unspecified atom stereocenters. The highest BCUT2D eigenvalue weighted by atomic mass is 35.5. The van der Waals surface area contributed by atoms with E-state index in [1.807, 2.05) is 0 Å². The smallest absolute Gasteiger partial charge is 0.408 e. The first-order valence-electron chi connectivity index (χ1n) is 11.0. The highest BCUT2D eigenvalue weighted by Crippen LogP contribution is 2.33. The molecule has 0 saturated carbocycles. The van der Waals surface area contributed by atoms with E-state index in [0.717, 1.165) is 4.90 Å². The van der Waals surface area contributed by atoms with E-state index in [0.29, 0.717) is 21.9 Å². The minimum absolute atomic E-state index is 0.00949. The second kappa shape index (κ2) is 9.34. The van der Waals surface area contributed by atoms with Gasteiger partial charge in [0, 0.05) is 24.7 Å². The van der Waals surface area contributed by atoms with Crippen molar-refractivity contribution in [3.8, 4) is 11.4 Å². The number of carbonyl (C=O) groups is 1. The van der Waals surface area contributed by atoms with Gasteiger partial charge in [0.05, 0.1) is 30.8 Å². The van der Waals surface area contributed by atoms with Gasteiger partial charge in [0.25, 0.3) is 11.9 Å². The van der Waals surface area contributed by atoms with Crippen molar-refractivity contribution in [3.05, 3.63) is 59.4 Å². The molecule has 0 N–H and O–H groups in total. The number of carbonyl (C=O) groups excluding carboxylic acids is 1. The first-order valence-corrected chi connectivity index (χ1v) is 11.4. The van der Waals surface area contributed by atoms with Gasteiger partial charge in [-0.15, -0.1) is 0 Å². The third-order valence-corrected chi connectivity index (χ3v) is 6.21. The van der Waals surface area contributed by atoms with Crippen molar-refractivity contribution in [3.63, 3.8) is 0 Å². The highest BCUT2D eigenvalue weighted by Gasteiger charge is 2.47. The molecule has 5 rings (SSSR count). The monoisotopic (exact) mass is 520 g/mol. The van der Waals surface area contributed by atoms with E-state index >= 15 is 0 Å². The molecule has 0 bridgehead atoms. The fourth-order valence-electron chi connectivity index (χ4n) is 4.21. The summed E-state index contributed by atoms with van der Waals surface area (Å²) in [4.78, 5) is 21.6. The van der Waals surface area contributed by atoms with Crippen LogP contribution in [0.25, 0.3) is 16.8 Å². The van der Waals surface area contributed by atoms with Gasteiger partial charge in [-0.25, -0.2) is 0 Å². The molecule has 0 radical (unpaired) electrons. The third-order valence-electron chi connectivity index (χ3n) is 5.98. The predicted molar refractivity (Wildman–Crippen MR) is 125 cm³/mol. The molecule has 1 fully saturated rings. The number of oxazole rings is 1. The summed E-state index contributed by atoms with van der Waals surface area (Å²) in [5.74, 6) is -0.492. The van der Waals surface area contributed by atoms with Gasteiger partial charge in [-0.1, -0.05) is 11.6 Å². The highest BCUT2D eigenvalue weighted by molar-refractivity contribution is 6.31. The summed E-state index contributed by atoms with van der Waals surface area (Å²) in [7, 11) is 1.41. The summed E-state index contributed by atoms with van der Waals surface area (Å²) in [6.45, 7) is -0.149. The number of hydrogen-bond donors (Lipinski definition) is 0. The van der Waals surface area contributed by atoms with Crippen molar-refractivity contribution in [2.75, 3.05) is 31.6 Å². The predicted octanol–water partition coefficient (Wildman–Crippen LogP) is 4.35. The molecule has 36 heavy (non-hydrogen) atoms. The number of ether oxygens (including phenoxy) is 1. The lowest BCUT2D eigenvalue weighted by Crippen LogP contribution is -2.49. The maximum atomic E-state index is 14.2. The number of nitrogens with zero attached hydrogens (tertiary/aromatic N) is 6. The summed E-state index contributed by atoms with van der Waals surface area (Å²) in [5, 5.41) is 8.52. The van der Waals surface area contributed by atoms with Crippen LogP contribution in [0.15, 0.2) is 53.2 Å². The van der Waals surface area contributed by atoms with Gasteiger partial charge in [0.1, 0.15) is 17.3 Å². The summed E-state index contributed by atoms with van der Waals surface area (Å²) >= 11 is 6.01. The Kier molecular flexibility index (Phi) is 6.20. The average molecular weight is 521 g/mol. The first kappa shape index (κ1) is 23.9. The van der Waals surface area contributed by atoms with E-state index < -0.39 is 18.1 Å². The van der Waals surface area contributed by atoms with Gasteiger partial charge in [0.15, 0.2) is 5.58 Å². The normalized spacial score (nSPS) is 16.9. The Balaban J connectivity index is 1.49. The van der Waals surface area contributed by atoms with Crippen molar-refractivity contribution >= 4 is 34.6 Å². The van der Waals surface area contributed by atoms with Crippen LogP contribution in [0.4, 0.5) is 19.2 Å². The van der Waals surface area contributed by atoms with Gasteiger partial charge >= 0.3 is 6.18 Å². The minimum Gasteiger partial charge on any atom is -0.497 e. The van der Waals surface area contributed by atoms with Crippen molar-refractivity contribution in [2.24, 2.45) is 0 Å². The topological polar surface area (TPSA) is 89.5 Å². The van der Waals surface area contributed by atoms with E-state index in [2.05, 4.69) is 15.2 Å². The van der Waals surface area contributed by atoms with Crippen molar-refractivity contribution in [1.29, 1.82) is 0 Å². The Hall–Kier alpha value is -3.80. The first-order chi connectivity index (χ1) is 17.2. The molecule has 2 aromatic carbocycles. The van der Waals surface area contributed by atoms with Crippen LogP contribution in [0.2, 0.25) is 5.02 Å². The van der Waals surface area contributed by atoms with Gasteiger partial charge in [-0.3, -0.25) is 4.79 Å². The Morgan fingerprint density at radius 3 is 2.61 bits per heavy atom. The second-order valence-corrected chi connectivity index (χ2v) is 8.58. The number of rotatable bonds is 4. The maximum absolute atomic E-state index is 14.2. The molecule has 188 valence electrons. The lowest BCUT2D eigenvalue weighted by Gasteiger charge is -2.31. The van der Waals surface area contributed by atoms with Crippen LogP contribution in [0.3, 0.4) is 0 Å². The van der Waals surface area contributed by atoms with Crippen LogP contribution in [0.5, 0.6) is 5.75 Å². The Morgan fingerprint density at radius 2 is 1.89 bits per heavy atom. The molecule has 13 heteroatoms. The van der Waals surface area contributed by atoms with Crippen LogP contribution < -0.4 is 9.64 Å². The molecular formula is C23H20ClF3N6O3. The zero-order chi connectivity index (χ0) is 25.4. The number of methoxy groups -OCH3 is 1. The number of fused-ring (bicyclic) bond motifs is 1. The zero-order valence-corrected chi connectivity index (χ0v) is 19.7. The van der Waals surface area contributed by atoms with E-state index in [1.54, 1.807) is 29.2 Å². The quantitative estimate of drug-likeness (QED) is 0.395. The Labute approximate surface area is 208 Å². The number of hydrogen-bond acceptors (Lipinski definition) is 7. The molecule has 1 amide bonds. The van der Waals surface area contributed by atoms with Gasteiger partial charge in [0.2, 0.25) is 0 Å². The minimum atomic E-state index is -4.65. The largest absolute Gasteiger partial charge is 0.497 e. The maximum Gasteiger partial charge on any atom is 0.408 e. The fraction of sp³-hybridized carbons (Fsp3) is 0.304. The second-order valence-electron chi connectivity index (χ2n) is 8.14. The molecule has 9 nitrogen and oxygen atoms in total. The lowest BCUT2D eigenvalue weighted by atomic mass is 10.1. The zero-order valence-electron chi connectivity index (χ0n) is 18.9. The number of anilines is 1. The number of alkyl halides is 3. The lowest BCUT2D eigenvalue weighted by molar-refractivity contribution is -0.176. The van der Waals surface area contributed by atoms with E-state index in [4.69, 9.17) is 20.8 Å². The number of amides is 1. The van der Waals surface area contributed by atoms with Gasteiger partial charge in [-0.05, 0) is 42.8 Å². The third kappa shape index (κ3) is 4.55. The summed E-state index contributed by atoms with van der Waals surface area (Å²) in [6, 6.07) is 7.56. The van der Waals surface area contributed by atoms with Crippen molar-refractivity contribution < 1.29 is 27.1 Å². The summed E-state index contributed by atoms with van der Waals surface area (Å²) in [5.41, 5.74) is 1.19. The SMILES string of the molecule is COc1ccc(-n2nccn2)c(C(=O)N2CCN(c3nc4cc(Cl)ccc4o3)CCC2C(F)(F)F)c1. The van der Waals surface area contributed by atoms with Crippen molar-refractivity contribution in [1.82, 2.24) is 24.9 Å². The molecule has 1 saturated heterocycles. The van der Waals surface area contributed by atoms with Crippen LogP contribution >= 0.6 is 11.6 Å². The molecule has 2 aromatic heterocycles. The summed E-state index contributed by atoms with van der Waals surface area (Å²) in [6.07, 6.45) is -2.19. The molecule has 0 spiro atoms. The average Bonchev–Trinajstić information content (AvgIpc) is 3.47. The van der Waals surface area contributed by atoms with E-state index in [-0.39, 0.29) is 43.3 Å². The number of aromatic nitrogens is 4. The molecule has 3 heterocycles. The van der Waals surface area contributed by atoms with Crippen LogP contribution in [-0.4, -0.2) is 69.7 Å². The van der Waals surface area contributed by atoms with E-state index in [1.165, 1.54) is 36.4 Å². The molecule has 1 aliphatic heterocycles. The fourth-order valence-corrected chi connectivity index (χ4v) is 4.38. The van der Waals surface area contributed by atoms with Crippen LogP contribution in [0.1, 0.15) is 16.8 Å². The number of benzene rings is 2. The Morgan fingerprint density at radius 1 is 1.11 bits per heavy atom. The van der Waals surface area contributed by atoms with E-state index in [9.17, 15) is 18.0 Å². The molecule has 0 aliphatic carbocycles. The molecule has 4 aromatic rings. The molecule has 1 aliphatic rings.